The summed E-state index contributed by atoms with van der Waals surface area (Å²) < 4.78 is 0. The minimum absolute atomic E-state index is 0.772. The monoisotopic (exact) mass is 123 g/mol. The van der Waals surface area contributed by atoms with E-state index in [0.29, 0.717) is 0 Å². The highest BCUT2D eigenvalue weighted by molar-refractivity contribution is 5.03. The fraction of sp³-hybridized carbons (Fsp3) is 0.250. The predicted octanol–water partition coefficient (Wildman–Crippen LogP) is 1.98. The Morgan fingerprint density at radius 2 is 2.00 bits per heavy atom. The molecule has 0 amide bonds. The van der Waals surface area contributed by atoms with Crippen molar-refractivity contribution in [2.24, 2.45) is 5.73 Å². The van der Waals surface area contributed by atoms with Crippen LogP contribution in [0.5, 0.6) is 0 Å². The zero-order valence-electron chi connectivity index (χ0n) is 5.64. The van der Waals surface area contributed by atoms with Gasteiger partial charge in [-0.15, -0.1) is 13.2 Å². The van der Waals surface area contributed by atoms with Gasteiger partial charge in [-0.2, -0.15) is 0 Å². The highest BCUT2D eigenvalue weighted by Crippen LogP contribution is 1.94. The Balaban J connectivity index is 3.53. The van der Waals surface area contributed by atoms with Gasteiger partial charge in [-0.05, 0) is 6.42 Å². The van der Waals surface area contributed by atoms with E-state index in [1.54, 1.807) is 6.08 Å². The van der Waals surface area contributed by atoms with Gasteiger partial charge in [0, 0.05) is 12.1 Å². The summed E-state index contributed by atoms with van der Waals surface area (Å²) >= 11 is 0. The third-order valence-corrected chi connectivity index (χ3v) is 0.927. The van der Waals surface area contributed by atoms with Crippen molar-refractivity contribution in [3.05, 3.63) is 37.1 Å². The second-order valence-electron chi connectivity index (χ2n) is 1.80. The van der Waals surface area contributed by atoms with Crippen LogP contribution in [0.2, 0.25) is 0 Å². The first-order valence-corrected chi connectivity index (χ1v) is 2.97. The lowest BCUT2D eigenvalue weighted by atomic mass is 10.2. The molecule has 50 valence electrons. The molecule has 0 heterocycles. The average molecular weight is 123 g/mol. The molecule has 0 aromatic rings. The Morgan fingerprint density at radius 3 is 2.44 bits per heavy atom. The second kappa shape index (κ2) is 5.16. The van der Waals surface area contributed by atoms with E-state index in [4.69, 9.17) is 5.73 Å². The van der Waals surface area contributed by atoms with Crippen LogP contribution >= 0.6 is 0 Å². The summed E-state index contributed by atoms with van der Waals surface area (Å²) in [6.45, 7) is 7.13. The molecule has 0 spiro atoms. The van der Waals surface area contributed by atoms with Crippen LogP contribution in [0.1, 0.15) is 12.8 Å². The molecular formula is C8H13N. The fourth-order valence-electron chi connectivity index (χ4n) is 0.485. The molecule has 1 heteroatoms. The molecule has 0 fully saturated rings. The Bertz CT molecular complexity index is 123. The second-order valence-corrected chi connectivity index (χ2v) is 1.80. The van der Waals surface area contributed by atoms with Crippen LogP contribution in [0.25, 0.3) is 0 Å². The molecule has 0 aliphatic heterocycles. The van der Waals surface area contributed by atoms with Crippen molar-refractivity contribution in [2.45, 2.75) is 12.8 Å². The minimum atomic E-state index is 0.772. The third kappa shape index (κ3) is 4.88. The van der Waals surface area contributed by atoms with Crippen LogP contribution in [0.3, 0.4) is 0 Å². The van der Waals surface area contributed by atoms with Crippen LogP contribution in [-0.4, -0.2) is 0 Å². The Hall–Kier alpha value is -0.980. The van der Waals surface area contributed by atoms with Crippen LogP contribution in [0.15, 0.2) is 37.1 Å². The van der Waals surface area contributed by atoms with Crippen LogP contribution < -0.4 is 5.73 Å². The summed E-state index contributed by atoms with van der Waals surface area (Å²) in [6, 6.07) is 0. The van der Waals surface area contributed by atoms with Crippen LogP contribution in [-0.2, 0) is 0 Å². The Labute approximate surface area is 56.6 Å². The van der Waals surface area contributed by atoms with Gasteiger partial charge in [0.1, 0.15) is 0 Å². The number of allylic oxidation sites excluding steroid dienone is 3. The van der Waals surface area contributed by atoms with Crippen molar-refractivity contribution in [3.63, 3.8) is 0 Å². The average Bonchev–Trinajstić information content (AvgIpc) is 1.85. The largest absolute Gasteiger partial charge is 0.402 e. The zero-order chi connectivity index (χ0) is 7.11. The lowest BCUT2D eigenvalue weighted by Crippen LogP contribution is -1.93. The maximum Gasteiger partial charge on any atom is 0.00813 e. The van der Waals surface area contributed by atoms with Gasteiger partial charge in [0.2, 0.25) is 0 Å². The molecule has 0 aromatic heterocycles. The molecule has 0 saturated heterocycles. The quantitative estimate of drug-likeness (QED) is 0.568. The molecule has 0 unspecified atom stereocenters. The summed E-state index contributed by atoms with van der Waals surface area (Å²) in [5.74, 6) is 0. The molecule has 2 N–H and O–H groups in total. The fourth-order valence-corrected chi connectivity index (χ4v) is 0.485. The standard InChI is InChI=1S/C8H13N/c1-3-5-7-8(9)6-4-2/h3-4,7H,1-2,5-6,9H2/b8-7+. The topological polar surface area (TPSA) is 26.0 Å². The number of nitrogens with two attached hydrogens (primary N) is 1. The van der Waals surface area contributed by atoms with Crippen molar-refractivity contribution >= 4 is 0 Å². The molecule has 9 heavy (non-hydrogen) atoms. The van der Waals surface area contributed by atoms with Gasteiger partial charge in [0.05, 0.1) is 0 Å². The van der Waals surface area contributed by atoms with Gasteiger partial charge in [-0.1, -0.05) is 18.2 Å². The molecule has 0 saturated carbocycles. The lowest BCUT2D eigenvalue weighted by molar-refractivity contribution is 1.13. The minimum Gasteiger partial charge on any atom is -0.402 e. The molecule has 0 aromatic carbocycles. The molecule has 1 nitrogen and oxygen atoms in total. The summed E-state index contributed by atoms with van der Waals surface area (Å²) in [4.78, 5) is 0. The van der Waals surface area contributed by atoms with E-state index in [9.17, 15) is 0 Å². The van der Waals surface area contributed by atoms with Gasteiger partial charge < -0.3 is 5.73 Å². The van der Waals surface area contributed by atoms with Crippen molar-refractivity contribution in [2.75, 3.05) is 0 Å². The molecule has 0 radical (unpaired) electrons. The van der Waals surface area contributed by atoms with Crippen molar-refractivity contribution in [1.29, 1.82) is 0 Å². The van der Waals surface area contributed by atoms with Gasteiger partial charge in [-0.25, -0.2) is 0 Å². The predicted molar refractivity (Wildman–Crippen MR) is 41.9 cm³/mol. The summed E-state index contributed by atoms with van der Waals surface area (Å²) in [5, 5.41) is 0. The lowest BCUT2D eigenvalue weighted by Gasteiger charge is -1.91. The first-order chi connectivity index (χ1) is 4.31. The van der Waals surface area contributed by atoms with E-state index >= 15 is 0 Å². The van der Waals surface area contributed by atoms with Crippen LogP contribution in [0, 0.1) is 0 Å². The van der Waals surface area contributed by atoms with Crippen molar-refractivity contribution < 1.29 is 0 Å². The van der Waals surface area contributed by atoms with E-state index in [2.05, 4.69) is 13.2 Å². The number of hydrogen-bond acceptors (Lipinski definition) is 1. The molecule has 0 bridgehead atoms. The first kappa shape index (κ1) is 8.02. The highest BCUT2D eigenvalue weighted by Gasteiger charge is 1.80. The Morgan fingerprint density at radius 1 is 1.33 bits per heavy atom. The van der Waals surface area contributed by atoms with Gasteiger partial charge in [0.25, 0.3) is 0 Å². The van der Waals surface area contributed by atoms with E-state index in [1.165, 1.54) is 0 Å². The molecular weight excluding hydrogens is 110 g/mol. The van der Waals surface area contributed by atoms with Gasteiger partial charge >= 0.3 is 0 Å². The SMILES string of the molecule is C=CC/C=C(/N)CC=C. The Kier molecular flexibility index (Phi) is 4.60. The highest BCUT2D eigenvalue weighted by atomic mass is 14.6. The van der Waals surface area contributed by atoms with E-state index in [0.717, 1.165) is 18.5 Å². The first-order valence-electron chi connectivity index (χ1n) is 2.97. The van der Waals surface area contributed by atoms with Crippen LogP contribution in [0.4, 0.5) is 0 Å². The smallest absolute Gasteiger partial charge is 0.00813 e. The molecule has 0 rings (SSSR count). The summed E-state index contributed by atoms with van der Waals surface area (Å²) in [5.41, 5.74) is 6.38. The van der Waals surface area contributed by atoms with Crippen molar-refractivity contribution in [1.82, 2.24) is 0 Å². The van der Waals surface area contributed by atoms with Crippen molar-refractivity contribution in [3.8, 4) is 0 Å². The zero-order valence-corrected chi connectivity index (χ0v) is 5.64. The van der Waals surface area contributed by atoms with Gasteiger partial charge in [-0.3, -0.25) is 0 Å². The molecule has 0 aliphatic carbocycles. The van der Waals surface area contributed by atoms with E-state index < -0.39 is 0 Å². The third-order valence-electron chi connectivity index (χ3n) is 0.927. The summed E-state index contributed by atoms with van der Waals surface area (Å²) in [6.07, 6.45) is 7.16. The normalized spacial score (nSPS) is 10.9. The number of hydrogen-bond donors (Lipinski definition) is 1. The molecule has 0 atom stereocenters. The van der Waals surface area contributed by atoms with Gasteiger partial charge in [0.15, 0.2) is 0 Å². The summed E-state index contributed by atoms with van der Waals surface area (Å²) in [7, 11) is 0. The maximum atomic E-state index is 5.51. The van der Waals surface area contributed by atoms with E-state index in [-0.39, 0.29) is 0 Å². The van der Waals surface area contributed by atoms with E-state index in [1.807, 2.05) is 12.2 Å². The number of rotatable bonds is 4. The molecule has 0 aliphatic rings. The maximum absolute atomic E-state index is 5.51.